The van der Waals surface area contributed by atoms with Gasteiger partial charge in [0.2, 0.25) is 0 Å². The Bertz CT molecular complexity index is 1110. The molecule has 0 unspecified atom stereocenters. The highest BCUT2D eigenvalue weighted by Gasteiger charge is 2.16. The number of benzene rings is 1. The van der Waals surface area contributed by atoms with E-state index in [4.69, 9.17) is 0 Å². The van der Waals surface area contributed by atoms with Crippen LogP contribution in [0.1, 0.15) is 5.56 Å². The molecule has 0 bridgehead atoms. The predicted octanol–water partition coefficient (Wildman–Crippen LogP) is 4.03. The van der Waals surface area contributed by atoms with E-state index >= 15 is 0 Å². The van der Waals surface area contributed by atoms with Crippen molar-refractivity contribution in [2.75, 3.05) is 0 Å². The van der Waals surface area contributed by atoms with Crippen LogP contribution in [0.4, 0.5) is 8.78 Å². The molecular weight excluding hydrogens is 344 g/mol. The average molecular weight is 353 g/mol. The third-order valence-corrected chi connectivity index (χ3v) is 4.73. The van der Waals surface area contributed by atoms with Crippen molar-refractivity contribution in [3.05, 3.63) is 66.3 Å². The van der Waals surface area contributed by atoms with Crippen LogP contribution < -0.4 is 0 Å². The predicted molar refractivity (Wildman–Crippen MR) is 88.0 cm³/mol. The number of fused-ring (bicyclic) bond motifs is 1. The number of hydrogen-bond donors (Lipinski definition) is 1. The number of aromatic amines is 1. The van der Waals surface area contributed by atoms with Gasteiger partial charge in [0, 0.05) is 28.4 Å². The summed E-state index contributed by atoms with van der Waals surface area (Å²) in [6.07, 6.45) is 6.56. The lowest BCUT2D eigenvalue weighted by molar-refractivity contribution is 0.491. The molecule has 0 saturated heterocycles. The molecule has 4 aromatic rings. The van der Waals surface area contributed by atoms with E-state index in [9.17, 15) is 14.0 Å². The largest absolute Gasteiger partial charge is 0.285 e. The summed E-state index contributed by atoms with van der Waals surface area (Å²) in [5.41, 5.74) is 2.51. The maximum Gasteiger partial charge on any atom is 0.172 e. The summed E-state index contributed by atoms with van der Waals surface area (Å²) in [4.78, 5) is 0.730. The second-order valence-electron chi connectivity index (χ2n) is 5.20. The monoisotopic (exact) mass is 353 g/mol. The zero-order chi connectivity index (χ0) is 17.4. The third-order valence-electron chi connectivity index (χ3n) is 3.66. The lowest BCUT2D eigenvalue weighted by atomic mass is 10.1. The Kier molecular flexibility index (Phi) is 3.71. The highest BCUT2D eigenvalue weighted by atomic mass is 32.2. The number of nitriles is 1. The molecule has 0 aliphatic carbocycles. The van der Waals surface area contributed by atoms with Crippen molar-refractivity contribution < 1.29 is 8.78 Å². The molecule has 0 aliphatic rings. The summed E-state index contributed by atoms with van der Waals surface area (Å²) in [5.74, 6) is -1.83. The second-order valence-corrected chi connectivity index (χ2v) is 6.28. The molecule has 3 aromatic heterocycles. The van der Waals surface area contributed by atoms with E-state index in [-0.39, 0.29) is 4.90 Å². The van der Waals surface area contributed by atoms with E-state index in [1.54, 1.807) is 29.2 Å². The van der Waals surface area contributed by atoms with Crippen LogP contribution >= 0.6 is 11.8 Å². The topological polar surface area (TPSA) is 69.8 Å². The van der Waals surface area contributed by atoms with E-state index in [1.807, 2.05) is 0 Å². The number of rotatable bonds is 3. The Labute approximate surface area is 144 Å². The zero-order valence-corrected chi connectivity index (χ0v) is 13.4. The number of nitrogens with one attached hydrogen (secondary N) is 1. The summed E-state index contributed by atoms with van der Waals surface area (Å²) in [6.45, 7) is 0. The minimum atomic E-state index is -0.919. The fourth-order valence-electron chi connectivity index (χ4n) is 2.49. The van der Waals surface area contributed by atoms with Gasteiger partial charge in [0.15, 0.2) is 11.6 Å². The molecular formula is C17H9F2N5S. The van der Waals surface area contributed by atoms with Gasteiger partial charge in [-0.3, -0.25) is 5.10 Å². The Morgan fingerprint density at radius 2 is 2.04 bits per heavy atom. The Morgan fingerprint density at radius 1 is 1.16 bits per heavy atom. The van der Waals surface area contributed by atoms with Crippen LogP contribution in [0.25, 0.3) is 16.6 Å². The first-order valence-corrected chi connectivity index (χ1v) is 8.01. The highest BCUT2D eigenvalue weighted by molar-refractivity contribution is 7.99. The molecule has 0 amide bonds. The van der Waals surface area contributed by atoms with E-state index in [0.717, 1.165) is 29.0 Å². The lowest BCUT2D eigenvalue weighted by Gasteiger charge is -2.09. The first kappa shape index (κ1) is 15.4. The van der Waals surface area contributed by atoms with Gasteiger partial charge in [0.1, 0.15) is 6.07 Å². The number of aromatic nitrogens is 4. The quantitative estimate of drug-likeness (QED) is 0.604. The number of hydrogen-bond acceptors (Lipinski definition) is 4. The molecule has 5 nitrogen and oxygen atoms in total. The first-order chi connectivity index (χ1) is 12.2. The molecule has 0 spiro atoms. The van der Waals surface area contributed by atoms with E-state index in [2.05, 4.69) is 21.4 Å². The standard InChI is InChI=1S/C17H9F2N5S/c18-13-2-1-3-14(16(13)19)25-15-4-10(12-6-21-22-7-12)9-24-17(15)11(5-20)8-23-24/h1-4,6-9H,(H,21,22). The van der Waals surface area contributed by atoms with Crippen molar-refractivity contribution in [3.63, 3.8) is 0 Å². The Hall–Kier alpha value is -3.18. The molecule has 3 heterocycles. The van der Waals surface area contributed by atoms with Gasteiger partial charge in [-0.25, -0.2) is 13.3 Å². The first-order valence-electron chi connectivity index (χ1n) is 7.20. The van der Waals surface area contributed by atoms with Crippen LogP contribution in [-0.4, -0.2) is 19.8 Å². The second kappa shape index (κ2) is 6.03. The summed E-state index contributed by atoms with van der Waals surface area (Å²) >= 11 is 1.05. The van der Waals surface area contributed by atoms with Crippen molar-refractivity contribution in [2.24, 2.45) is 0 Å². The highest BCUT2D eigenvalue weighted by Crippen LogP contribution is 2.37. The molecule has 8 heteroatoms. The minimum Gasteiger partial charge on any atom is -0.285 e. The third kappa shape index (κ3) is 2.64. The van der Waals surface area contributed by atoms with Crippen LogP contribution in [0.3, 0.4) is 0 Å². The fraction of sp³-hybridized carbons (Fsp3) is 0. The summed E-state index contributed by atoms with van der Waals surface area (Å²) in [7, 11) is 0. The molecule has 1 N–H and O–H groups in total. The van der Waals surface area contributed by atoms with E-state index in [0.29, 0.717) is 16.0 Å². The number of pyridine rings is 1. The van der Waals surface area contributed by atoms with Crippen molar-refractivity contribution in [2.45, 2.75) is 9.79 Å². The van der Waals surface area contributed by atoms with Crippen LogP contribution in [0.5, 0.6) is 0 Å². The van der Waals surface area contributed by atoms with Gasteiger partial charge in [-0.15, -0.1) is 0 Å². The lowest BCUT2D eigenvalue weighted by Crippen LogP contribution is -1.93. The SMILES string of the molecule is N#Cc1cnn2cc(-c3cn[nH]c3)cc(Sc3cccc(F)c3F)c12. The molecule has 0 saturated carbocycles. The molecule has 0 atom stereocenters. The van der Waals surface area contributed by atoms with Gasteiger partial charge in [0.05, 0.1) is 28.4 Å². The van der Waals surface area contributed by atoms with Crippen LogP contribution in [0.2, 0.25) is 0 Å². The average Bonchev–Trinajstić information content (AvgIpc) is 3.28. The zero-order valence-electron chi connectivity index (χ0n) is 12.6. The summed E-state index contributed by atoms with van der Waals surface area (Å²) in [5, 5.41) is 20.1. The Balaban J connectivity index is 1.92. The van der Waals surface area contributed by atoms with Crippen LogP contribution in [-0.2, 0) is 0 Å². The fourth-order valence-corrected chi connectivity index (χ4v) is 3.55. The van der Waals surface area contributed by atoms with Crippen molar-refractivity contribution in [3.8, 4) is 17.2 Å². The van der Waals surface area contributed by atoms with E-state index in [1.165, 1.54) is 18.3 Å². The molecule has 122 valence electrons. The maximum absolute atomic E-state index is 14.1. The molecule has 0 aliphatic heterocycles. The molecule has 0 radical (unpaired) electrons. The molecule has 4 rings (SSSR count). The molecule has 1 aromatic carbocycles. The van der Waals surface area contributed by atoms with Gasteiger partial charge in [-0.1, -0.05) is 17.8 Å². The summed E-state index contributed by atoms with van der Waals surface area (Å²) in [6, 6.07) is 7.88. The smallest absolute Gasteiger partial charge is 0.172 e. The van der Waals surface area contributed by atoms with Crippen molar-refractivity contribution in [1.82, 2.24) is 19.8 Å². The maximum atomic E-state index is 14.1. The number of halogens is 2. The van der Waals surface area contributed by atoms with Crippen molar-refractivity contribution in [1.29, 1.82) is 5.26 Å². The van der Waals surface area contributed by atoms with Gasteiger partial charge in [0.25, 0.3) is 0 Å². The van der Waals surface area contributed by atoms with Gasteiger partial charge < -0.3 is 0 Å². The van der Waals surface area contributed by atoms with Gasteiger partial charge >= 0.3 is 0 Å². The molecule has 25 heavy (non-hydrogen) atoms. The van der Waals surface area contributed by atoms with E-state index < -0.39 is 11.6 Å². The van der Waals surface area contributed by atoms with Crippen LogP contribution in [0.15, 0.2) is 58.8 Å². The minimum absolute atomic E-state index is 0.135. The van der Waals surface area contributed by atoms with Gasteiger partial charge in [-0.05, 0) is 18.2 Å². The van der Waals surface area contributed by atoms with Crippen LogP contribution in [0, 0.1) is 23.0 Å². The Morgan fingerprint density at radius 3 is 2.80 bits per heavy atom. The van der Waals surface area contributed by atoms with Crippen molar-refractivity contribution >= 4 is 17.3 Å². The number of H-pyrrole nitrogens is 1. The summed E-state index contributed by atoms with van der Waals surface area (Å²) < 4.78 is 29.1. The normalized spacial score (nSPS) is 10.9. The number of nitrogens with zero attached hydrogens (tertiary/aromatic N) is 4. The molecule has 0 fully saturated rings. The van der Waals surface area contributed by atoms with Gasteiger partial charge in [-0.2, -0.15) is 15.5 Å².